The van der Waals surface area contributed by atoms with Crippen LogP contribution in [-0.2, 0) is 6.54 Å². The summed E-state index contributed by atoms with van der Waals surface area (Å²) in [5.74, 6) is 0.345. The monoisotopic (exact) mass is 285 g/mol. The van der Waals surface area contributed by atoms with E-state index in [2.05, 4.69) is 35.1 Å². The first-order valence-corrected chi connectivity index (χ1v) is 6.64. The number of hydrogen-bond acceptors (Lipinski definition) is 2. The van der Waals surface area contributed by atoms with Gasteiger partial charge >= 0.3 is 0 Å². The first-order chi connectivity index (χ1) is 7.65. The first-order valence-electron chi connectivity index (χ1n) is 5.85. The summed E-state index contributed by atoms with van der Waals surface area (Å²) in [7, 11) is 0. The third kappa shape index (κ3) is 4.14. The summed E-state index contributed by atoms with van der Waals surface area (Å²) >= 11 is 3.32. The molecule has 3 heteroatoms. The van der Waals surface area contributed by atoms with Crippen LogP contribution in [0.1, 0.15) is 38.7 Å². The van der Waals surface area contributed by atoms with Crippen molar-refractivity contribution in [3.8, 4) is 5.75 Å². The number of benzene rings is 1. The Morgan fingerprint density at radius 3 is 2.88 bits per heavy atom. The zero-order valence-electron chi connectivity index (χ0n) is 9.96. The Kier molecular flexibility index (Phi) is 5.85. The predicted octanol–water partition coefficient (Wildman–Crippen LogP) is 3.82. The Bertz CT molecular complexity index is 328. The number of phenolic OH excluding ortho intramolecular Hbond substituents is 1. The van der Waals surface area contributed by atoms with Crippen molar-refractivity contribution in [2.45, 2.75) is 45.7 Å². The fraction of sp³-hybridized carbons (Fsp3) is 0.538. The molecule has 0 saturated heterocycles. The van der Waals surface area contributed by atoms with Gasteiger partial charge in [0.15, 0.2) is 0 Å². The zero-order chi connectivity index (χ0) is 12.0. The molecule has 1 rings (SSSR count). The predicted molar refractivity (Wildman–Crippen MR) is 71.6 cm³/mol. The van der Waals surface area contributed by atoms with Crippen LogP contribution in [0, 0.1) is 0 Å². The highest BCUT2D eigenvalue weighted by molar-refractivity contribution is 9.10. The van der Waals surface area contributed by atoms with Crippen molar-refractivity contribution in [2.75, 3.05) is 0 Å². The van der Waals surface area contributed by atoms with Crippen LogP contribution in [0.5, 0.6) is 5.75 Å². The lowest BCUT2D eigenvalue weighted by Gasteiger charge is -2.14. The molecule has 1 unspecified atom stereocenters. The van der Waals surface area contributed by atoms with Gasteiger partial charge in [0.25, 0.3) is 0 Å². The Labute approximate surface area is 106 Å². The van der Waals surface area contributed by atoms with Crippen LogP contribution in [-0.4, -0.2) is 11.1 Å². The van der Waals surface area contributed by atoms with Crippen LogP contribution in [0.4, 0.5) is 0 Å². The van der Waals surface area contributed by atoms with Crippen molar-refractivity contribution in [2.24, 2.45) is 0 Å². The van der Waals surface area contributed by atoms with Crippen LogP contribution >= 0.6 is 15.9 Å². The maximum atomic E-state index is 9.80. The number of para-hydroxylation sites is 1. The smallest absolute Gasteiger partial charge is 0.134 e. The first kappa shape index (κ1) is 13.5. The summed E-state index contributed by atoms with van der Waals surface area (Å²) in [4.78, 5) is 0. The summed E-state index contributed by atoms with van der Waals surface area (Å²) in [5, 5.41) is 13.2. The van der Waals surface area contributed by atoms with Gasteiger partial charge in [-0.3, -0.25) is 0 Å². The van der Waals surface area contributed by atoms with Gasteiger partial charge in [-0.15, -0.1) is 0 Å². The molecule has 0 aliphatic rings. The van der Waals surface area contributed by atoms with E-state index in [1.54, 1.807) is 0 Å². The molecule has 0 bridgehead atoms. The molecular formula is C13H20BrNO. The highest BCUT2D eigenvalue weighted by atomic mass is 79.9. The van der Waals surface area contributed by atoms with E-state index in [0.717, 1.165) is 16.6 Å². The van der Waals surface area contributed by atoms with Crippen LogP contribution in [0.3, 0.4) is 0 Å². The molecule has 0 radical (unpaired) electrons. The standard InChI is InChI=1S/C13H20BrNO/c1-3-4-6-10(2)15-9-11-7-5-8-12(14)13(11)16/h5,7-8,10,15-16H,3-4,6,9H2,1-2H3. The van der Waals surface area contributed by atoms with E-state index >= 15 is 0 Å². The quantitative estimate of drug-likeness (QED) is 0.833. The van der Waals surface area contributed by atoms with E-state index in [1.165, 1.54) is 19.3 Å². The third-order valence-corrected chi connectivity index (χ3v) is 3.34. The van der Waals surface area contributed by atoms with Crippen LogP contribution < -0.4 is 5.32 Å². The van der Waals surface area contributed by atoms with E-state index in [-0.39, 0.29) is 0 Å². The van der Waals surface area contributed by atoms with Gasteiger partial charge in [0.1, 0.15) is 5.75 Å². The number of nitrogens with one attached hydrogen (secondary N) is 1. The second-order valence-electron chi connectivity index (χ2n) is 4.17. The minimum atomic E-state index is 0.345. The summed E-state index contributed by atoms with van der Waals surface area (Å²) in [6, 6.07) is 6.23. The van der Waals surface area contributed by atoms with E-state index < -0.39 is 0 Å². The minimum absolute atomic E-state index is 0.345. The number of phenols is 1. The van der Waals surface area contributed by atoms with Gasteiger partial charge in [0.05, 0.1) is 4.47 Å². The SMILES string of the molecule is CCCCC(C)NCc1cccc(Br)c1O. The van der Waals surface area contributed by atoms with Gasteiger partial charge in [-0.25, -0.2) is 0 Å². The zero-order valence-corrected chi connectivity index (χ0v) is 11.5. The molecule has 0 fully saturated rings. The van der Waals surface area contributed by atoms with E-state index in [0.29, 0.717) is 11.8 Å². The normalized spacial score (nSPS) is 12.7. The summed E-state index contributed by atoms with van der Waals surface area (Å²) in [6.07, 6.45) is 3.66. The molecule has 0 aliphatic carbocycles. The Morgan fingerprint density at radius 2 is 2.19 bits per heavy atom. The number of unbranched alkanes of at least 4 members (excludes halogenated alkanes) is 1. The molecule has 0 aromatic heterocycles. The van der Waals surface area contributed by atoms with Crippen molar-refractivity contribution >= 4 is 15.9 Å². The fourth-order valence-electron chi connectivity index (χ4n) is 1.60. The lowest BCUT2D eigenvalue weighted by molar-refractivity contribution is 0.449. The van der Waals surface area contributed by atoms with E-state index in [1.807, 2.05) is 18.2 Å². The molecule has 2 nitrogen and oxygen atoms in total. The fourth-order valence-corrected chi connectivity index (χ4v) is 2.01. The lowest BCUT2D eigenvalue weighted by atomic mass is 10.1. The molecule has 1 atom stereocenters. The summed E-state index contributed by atoms with van der Waals surface area (Å²) < 4.78 is 0.757. The van der Waals surface area contributed by atoms with Gasteiger partial charge < -0.3 is 10.4 Å². The van der Waals surface area contributed by atoms with Gasteiger partial charge in [-0.1, -0.05) is 31.9 Å². The summed E-state index contributed by atoms with van der Waals surface area (Å²) in [6.45, 7) is 5.10. The molecule has 0 spiro atoms. The highest BCUT2D eigenvalue weighted by Crippen LogP contribution is 2.27. The Hall–Kier alpha value is -0.540. The molecule has 2 N–H and O–H groups in total. The van der Waals surface area contributed by atoms with Crippen molar-refractivity contribution in [1.29, 1.82) is 0 Å². The molecule has 0 saturated carbocycles. The Morgan fingerprint density at radius 1 is 1.44 bits per heavy atom. The topological polar surface area (TPSA) is 32.3 Å². The average Bonchev–Trinajstić information content (AvgIpc) is 2.28. The number of rotatable bonds is 6. The largest absolute Gasteiger partial charge is 0.506 e. The molecule has 1 aromatic rings. The van der Waals surface area contributed by atoms with E-state index in [9.17, 15) is 5.11 Å². The van der Waals surface area contributed by atoms with Crippen LogP contribution in [0.2, 0.25) is 0 Å². The van der Waals surface area contributed by atoms with Gasteiger partial charge in [0, 0.05) is 18.2 Å². The van der Waals surface area contributed by atoms with E-state index in [4.69, 9.17) is 0 Å². The van der Waals surface area contributed by atoms with Gasteiger partial charge in [-0.05, 0) is 35.3 Å². The average molecular weight is 286 g/mol. The number of aromatic hydroxyl groups is 1. The molecular weight excluding hydrogens is 266 g/mol. The molecule has 16 heavy (non-hydrogen) atoms. The maximum absolute atomic E-state index is 9.80. The third-order valence-electron chi connectivity index (χ3n) is 2.70. The molecule has 0 amide bonds. The second kappa shape index (κ2) is 6.92. The minimum Gasteiger partial charge on any atom is -0.506 e. The van der Waals surface area contributed by atoms with Gasteiger partial charge in [-0.2, -0.15) is 0 Å². The number of hydrogen-bond donors (Lipinski definition) is 2. The van der Waals surface area contributed by atoms with Crippen molar-refractivity contribution in [3.05, 3.63) is 28.2 Å². The molecule has 0 heterocycles. The van der Waals surface area contributed by atoms with Crippen molar-refractivity contribution in [3.63, 3.8) is 0 Å². The number of halogens is 1. The highest BCUT2D eigenvalue weighted by Gasteiger charge is 2.06. The van der Waals surface area contributed by atoms with Crippen LogP contribution in [0.15, 0.2) is 22.7 Å². The van der Waals surface area contributed by atoms with Gasteiger partial charge in [0.2, 0.25) is 0 Å². The Balaban J connectivity index is 2.45. The van der Waals surface area contributed by atoms with Crippen molar-refractivity contribution < 1.29 is 5.11 Å². The summed E-state index contributed by atoms with van der Waals surface area (Å²) in [5.41, 5.74) is 0.942. The second-order valence-corrected chi connectivity index (χ2v) is 5.03. The molecule has 1 aromatic carbocycles. The van der Waals surface area contributed by atoms with Crippen LogP contribution in [0.25, 0.3) is 0 Å². The molecule has 0 aliphatic heterocycles. The lowest BCUT2D eigenvalue weighted by Crippen LogP contribution is -2.25. The maximum Gasteiger partial charge on any atom is 0.134 e. The molecule has 90 valence electrons. The van der Waals surface area contributed by atoms with Crippen molar-refractivity contribution in [1.82, 2.24) is 5.32 Å².